The second-order valence-electron chi connectivity index (χ2n) is 5.88. The number of fused-ring (bicyclic) bond motifs is 1. The van der Waals surface area contributed by atoms with E-state index in [0.717, 1.165) is 19.6 Å². The second kappa shape index (κ2) is 5.33. The molecule has 3 heterocycles. The van der Waals surface area contributed by atoms with Gasteiger partial charge < -0.3 is 0 Å². The molecule has 0 bridgehead atoms. The Morgan fingerprint density at radius 2 is 1.55 bits per heavy atom. The van der Waals surface area contributed by atoms with E-state index in [4.69, 9.17) is 0 Å². The van der Waals surface area contributed by atoms with Crippen molar-refractivity contribution < 1.29 is 13.2 Å². The normalized spacial score (nSPS) is 27.9. The topological polar surface area (TPSA) is 19.4 Å². The van der Waals surface area contributed by atoms with Crippen molar-refractivity contribution in [2.75, 3.05) is 32.7 Å². The first kappa shape index (κ1) is 13.8. The molecule has 0 radical (unpaired) electrons. The maximum absolute atomic E-state index is 12.4. The molecule has 2 aliphatic rings. The first-order valence-electron chi connectivity index (χ1n) is 6.90. The Labute approximate surface area is 116 Å². The molecule has 20 heavy (non-hydrogen) atoms. The quantitative estimate of drug-likeness (QED) is 0.847. The number of aromatic nitrogens is 1. The smallest absolute Gasteiger partial charge is 0.298 e. The summed E-state index contributed by atoms with van der Waals surface area (Å²) in [5, 5.41) is 0. The van der Waals surface area contributed by atoms with E-state index in [9.17, 15) is 13.2 Å². The zero-order valence-electron chi connectivity index (χ0n) is 11.2. The lowest BCUT2D eigenvalue weighted by Gasteiger charge is -2.22. The number of nitrogens with zero attached hydrogens (tertiary/aromatic N) is 3. The number of pyridine rings is 1. The minimum atomic E-state index is -4.07. The highest BCUT2D eigenvalue weighted by molar-refractivity contribution is 5.10. The van der Waals surface area contributed by atoms with Crippen LogP contribution in [0.15, 0.2) is 24.5 Å². The standard InChI is InChI=1S/C14H18F3N3/c15-14(16,17)10-20-8-12-6-19(7-13(12)9-20)5-11-1-3-18-4-2-11/h1-4,12-13H,5-10H2. The molecule has 2 atom stereocenters. The van der Waals surface area contributed by atoms with Gasteiger partial charge in [0.25, 0.3) is 0 Å². The molecule has 0 saturated carbocycles. The fraction of sp³-hybridized carbons (Fsp3) is 0.643. The van der Waals surface area contributed by atoms with Gasteiger partial charge in [-0.2, -0.15) is 13.2 Å². The Bertz CT molecular complexity index is 435. The average Bonchev–Trinajstić information content (AvgIpc) is 2.85. The van der Waals surface area contributed by atoms with Gasteiger partial charge in [-0.25, -0.2) is 0 Å². The van der Waals surface area contributed by atoms with Crippen molar-refractivity contribution in [1.82, 2.24) is 14.8 Å². The van der Waals surface area contributed by atoms with Gasteiger partial charge in [0.15, 0.2) is 0 Å². The van der Waals surface area contributed by atoms with E-state index in [1.807, 2.05) is 12.1 Å². The highest BCUT2D eigenvalue weighted by atomic mass is 19.4. The van der Waals surface area contributed by atoms with Crippen LogP contribution in [-0.4, -0.2) is 53.7 Å². The van der Waals surface area contributed by atoms with Crippen molar-refractivity contribution in [3.8, 4) is 0 Å². The molecule has 2 fully saturated rings. The molecular formula is C14H18F3N3. The second-order valence-corrected chi connectivity index (χ2v) is 5.88. The van der Waals surface area contributed by atoms with Crippen LogP contribution in [0.25, 0.3) is 0 Å². The van der Waals surface area contributed by atoms with Crippen LogP contribution in [0, 0.1) is 11.8 Å². The molecule has 1 aromatic heterocycles. The summed E-state index contributed by atoms with van der Waals surface area (Å²) in [7, 11) is 0. The first-order chi connectivity index (χ1) is 9.49. The minimum Gasteiger partial charge on any atom is -0.298 e. The molecule has 110 valence electrons. The zero-order valence-corrected chi connectivity index (χ0v) is 11.2. The van der Waals surface area contributed by atoms with E-state index in [1.165, 1.54) is 5.56 Å². The Hall–Kier alpha value is -1.14. The van der Waals surface area contributed by atoms with Crippen molar-refractivity contribution in [3.05, 3.63) is 30.1 Å². The number of alkyl halides is 3. The molecule has 3 rings (SSSR count). The van der Waals surface area contributed by atoms with Crippen LogP contribution in [0.5, 0.6) is 0 Å². The van der Waals surface area contributed by atoms with E-state index >= 15 is 0 Å². The van der Waals surface area contributed by atoms with Gasteiger partial charge in [-0.15, -0.1) is 0 Å². The summed E-state index contributed by atoms with van der Waals surface area (Å²) in [5.41, 5.74) is 1.21. The molecule has 3 nitrogen and oxygen atoms in total. The Morgan fingerprint density at radius 1 is 1.00 bits per heavy atom. The summed E-state index contributed by atoms with van der Waals surface area (Å²) in [5.74, 6) is 0.776. The molecule has 0 aliphatic carbocycles. The lowest BCUT2D eigenvalue weighted by atomic mass is 10.0. The molecule has 0 N–H and O–H groups in total. The van der Waals surface area contributed by atoms with Gasteiger partial charge in [0.05, 0.1) is 6.54 Å². The van der Waals surface area contributed by atoms with Crippen LogP contribution < -0.4 is 0 Å². The molecule has 2 unspecified atom stereocenters. The summed E-state index contributed by atoms with van der Waals surface area (Å²) in [6, 6.07) is 3.98. The summed E-state index contributed by atoms with van der Waals surface area (Å²) < 4.78 is 37.2. The van der Waals surface area contributed by atoms with Crippen molar-refractivity contribution in [2.45, 2.75) is 12.7 Å². The highest BCUT2D eigenvalue weighted by Crippen LogP contribution is 2.33. The summed E-state index contributed by atoms with van der Waals surface area (Å²) >= 11 is 0. The number of halogens is 3. The predicted octanol–water partition coefficient (Wildman–Crippen LogP) is 2.01. The van der Waals surface area contributed by atoms with E-state index < -0.39 is 12.7 Å². The van der Waals surface area contributed by atoms with Crippen LogP contribution in [0.4, 0.5) is 13.2 Å². The number of hydrogen-bond acceptors (Lipinski definition) is 3. The van der Waals surface area contributed by atoms with Gasteiger partial charge >= 0.3 is 6.18 Å². The number of hydrogen-bond donors (Lipinski definition) is 0. The van der Waals surface area contributed by atoms with E-state index in [2.05, 4.69) is 9.88 Å². The average molecular weight is 285 g/mol. The first-order valence-corrected chi connectivity index (χ1v) is 6.90. The van der Waals surface area contributed by atoms with Gasteiger partial charge in [-0.3, -0.25) is 14.8 Å². The van der Waals surface area contributed by atoms with Crippen molar-refractivity contribution in [3.63, 3.8) is 0 Å². The molecule has 0 amide bonds. The van der Waals surface area contributed by atoms with Gasteiger partial charge in [0.2, 0.25) is 0 Å². The van der Waals surface area contributed by atoms with E-state index in [1.54, 1.807) is 17.3 Å². The Balaban J connectivity index is 1.51. The van der Waals surface area contributed by atoms with Crippen LogP contribution in [0.1, 0.15) is 5.56 Å². The van der Waals surface area contributed by atoms with Crippen LogP contribution in [0.2, 0.25) is 0 Å². The monoisotopic (exact) mass is 285 g/mol. The SMILES string of the molecule is FC(F)(F)CN1CC2CN(Cc3ccncc3)CC2C1. The highest BCUT2D eigenvalue weighted by Gasteiger charge is 2.43. The largest absolute Gasteiger partial charge is 0.401 e. The lowest BCUT2D eigenvalue weighted by Crippen LogP contribution is -2.35. The Morgan fingerprint density at radius 3 is 2.10 bits per heavy atom. The van der Waals surface area contributed by atoms with Crippen LogP contribution >= 0.6 is 0 Å². The molecule has 0 aromatic carbocycles. The fourth-order valence-corrected chi connectivity index (χ4v) is 3.45. The van der Waals surface area contributed by atoms with Gasteiger partial charge in [-0.1, -0.05) is 0 Å². The number of likely N-dealkylation sites (tertiary alicyclic amines) is 2. The fourth-order valence-electron chi connectivity index (χ4n) is 3.45. The minimum absolute atomic E-state index is 0.388. The Kier molecular flexibility index (Phi) is 3.69. The summed E-state index contributed by atoms with van der Waals surface area (Å²) in [6.45, 7) is 3.08. The molecule has 2 aliphatic heterocycles. The lowest BCUT2D eigenvalue weighted by molar-refractivity contribution is -0.144. The maximum atomic E-state index is 12.4. The summed E-state index contributed by atoms with van der Waals surface area (Å²) in [6.07, 6.45) is -0.524. The third-order valence-corrected chi connectivity index (χ3v) is 4.20. The van der Waals surface area contributed by atoms with Crippen molar-refractivity contribution >= 4 is 0 Å². The van der Waals surface area contributed by atoms with Crippen LogP contribution in [0.3, 0.4) is 0 Å². The third-order valence-electron chi connectivity index (χ3n) is 4.20. The maximum Gasteiger partial charge on any atom is 0.401 e. The van der Waals surface area contributed by atoms with Gasteiger partial charge in [0.1, 0.15) is 0 Å². The number of rotatable bonds is 3. The van der Waals surface area contributed by atoms with Crippen molar-refractivity contribution in [1.29, 1.82) is 0 Å². The molecule has 1 aromatic rings. The zero-order chi connectivity index (χ0) is 14.2. The van der Waals surface area contributed by atoms with Gasteiger partial charge in [0, 0.05) is 45.1 Å². The van der Waals surface area contributed by atoms with Crippen LogP contribution in [-0.2, 0) is 6.54 Å². The molecule has 2 saturated heterocycles. The molecular weight excluding hydrogens is 267 g/mol. The molecule has 0 spiro atoms. The summed E-state index contributed by atoms with van der Waals surface area (Å²) in [4.78, 5) is 7.89. The predicted molar refractivity (Wildman–Crippen MR) is 69.0 cm³/mol. The van der Waals surface area contributed by atoms with E-state index in [-0.39, 0.29) is 0 Å². The third kappa shape index (κ3) is 3.30. The van der Waals surface area contributed by atoms with Gasteiger partial charge in [-0.05, 0) is 29.5 Å². The molecule has 6 heteroatoms. The van der Waals surface area contributed by atoms with Crippen molar-refractivity contribution in [2.24, 2.45) is 11.8 Å². The van der Waals surface area contributed by atoms with E-state index in [0.29, 0.717) is 24.9 Å².